The van der Waals surface area contributed by atoms with Crippen molar-refractivity contribution < 1.29 is 13.5 Å². The Morgan fingerprint density at radius 1 is 1.35 bits per heavy atom. The minimum absolute atomic E-state index is 0.170. The molecule has 2 rings (SSSR count). The van der Waals surface area contributed by atoms with E-state index in [1.54, 1.807) is 0 Å². The Morgan fingerprint density at radius 3 is 2.71 bits per heavy atom. The van der Waals surface area contributed by atoms with Crippen molar-refractivity contribution >= 4 is 10.0 Å². The van der Waals surface area contributed by atoms with E-state index in [-0.39, 0.29) is 12.1 Å². The van der Waals surface area contributed by atoms with Gasteiger partial charge in [0.25, 0.3) is 0 Å². The summed E-state index contributed by atoms with van der Waals surface area (Å²) < 4.78 is 24.5. The molecule has 0 saturated carbocycles. The molecule has 2 heterocycles. The largest absolute Gasteiger partial charge is 0.392 e. The summed E-state index contributed by atoms with van der Waals surface area (Å²) in [4.78, 5) is 2.19. The third-order valence-electron chi connectivity index (χ3n) is 3.41. The Hall–Kier alpha value is -0.210. The Bertz CT molecular complexity index is 360. The van der Waals surface area contributed by atoms with E-state index in [4.69, 9.17) is 0 Å². The first-order valence-electron chi connectivity index (χ1n) is 6.04. The molecule has 2 atom stereocenters. The topological polar surface area (TPSA) is 72.9 Å². The maximum absolute atomic E-state index is 11.5. The van der Waals surface area contributed by atoms with Crippen LogP contribution < -0.4 is 5.32 Å². The number of likely N-dealkylation sites (tertiary alicyclic amines) is 1. The fourth-order valence-corrected chi connectivity index (χ4v) is 3.38. The monoisotopic (exact) mass is 263 g/mol. The van der Waals surface area contributed by atoms with Crippen LogP contribution in [0.3, 0.4) is 0 Å². The van der Waals surface area contributed by atoms with Crippen LogP contribution in [0.5, 0.6) is 0 Å². The lowest BCUT2D eigenvalue weighted by Gasteiger charge is -2.34. The molecule has 2 aliphatic rings. The average molecular weight is 263 g/mol. The molecule has 0 aromatic carbocycles. The summed E-state index contributed by atoms with van der Waals surface area (Å²) in [7, 11) is -3.08. The van der Waals surface area contributed by atoms with Gasteiger partial charge in [0.05, 0.1) is 12.4 Å². The molecule has 2 aliphatic heterocycles. The highest BCUT2D eigenvalue weighted by molar-refractivity contribution is 7.88. The normalized spacial score (nSPS) is 33.1. The highest BCUT2D eigenvalue weighted by Crippen LogP contribution is 2.11. The van der Waals surface area contributed by atoms with Gasteiger partial charge in [-0.2, -0.15) is 4.31 Å². The molecule has 0 unspecified atom stereocenters. The molecule has 2 fully saturated rings. The first-order chi connectivity index (χ1) is 7.95. The molecule has 17 heavy (non-hydrogen) atoms. The predicted molar refractivity (Wildman–Crippen MR) is 65.3 cm³/mol. The zero-order valence-corrected chi connectivity index (χ0v) is 11.0. The van der Waals surface area contributed by atoms with Crippen LogP contribution in [-0.4, -0.2) is 80.4 Å². The van der Waals surface area contributed by atoms with Crippen LogP contribution in [0, 0.1) is 0 Å². The fourth-order valence-electron chi connectivity index (χ4n) is 2.51. The average Bonchev–Trinajstić information content (AvgIpc) is 2.63. The summed E-state index contributed by atoms with van der Waals surface area (Å²) in [6.07, 6.45) is 1.86. The van der Waals surface area contributed by atoms with Gasteiger partial charge in [-0.3, -0.25) is 4.90 Å². The maximum atomic E-state index is 11.5. The van der Waals surface area contributed by atoms with E-state index in [1.165, 1.54) is 10.6 Å². The van der Waals surface area contributed by atoms with Gasteiger partial charge in [-0.25, -0.2) is 8.42 Å². The lowest BCUT2D eigenvalue weighted by Crippen LogP contribution is -2.55. The smallest absolute Gasteiger partial charge is 0.211 e. The molecule has 0 aromatic heterocycles. The molecule has 0 amide bonds. The highest BCUT2D eigenvalue weighted by Gasteiger charge is 2.28. The summed E-state index contributed by atoms with van der Waals surface area (Å²) in [6.45, 7) is 4.20. The van der Waals surface area contributed by atoms with Crippen LogP contribution >= 0.6 is 0 Å². The molecule has 100 valence electrons. The summed E-state index contributed by atoms with van der Waals surface area (Å²) in [5.74, 6) is 0. The Balaban J connectivity index is 1.85. The number of hydrogen-bond acceptors (Lipinski definition) is 5. The third kappa shape index (κ3) is 3.62. The second kappa shape index (κ2) is 5.19. The number of aliphatic hydroxyl groups excluding tert-OH is 1. The van der Waals surface area contributed by atoms with Crippen molar-refractivity contribution in [1.82, 2.24) is 14.5 Å². The van der Waals surface area contributed by atoms with Gasteiger partial charge in [-0.15, -0.1) is 0 Å². The predicted octanol–water partition coefficient (Wildman–Crippen LogP) is -1.71. The standard InChI is InChI=1S/C10H21N3O3S/c1-17(15,16)13-5-3-11-9(7-13)6-12-4-2-10(14)8-12/h9-11,14H,2-8H2,1H3/t9-,10+/m1/s1. The molecular formula is C10H21N3O3S. The van der Waals surface area contributed by atoms with Crippen molar-refractivity contribution in [2.75, 3.05) is 45.5 Å². The summed E-state index contributed by atoms with van der Waals surface area (Å²) in [6, 6.07) is 0.170. The molecule has 0 radical (unpaired) electrons. The molecular weight excluding hydrogens is 242 g/mol. The van der Waals surface area contributed by atoms with E-state index in [2.05, 4.69) is 10.2 Å². The molecule has 2 saturated heterocycles. The van der Waals surface area contributed by atoms with Gasteiger partial charge in [0, 0.05) is 45.3 Å². The van der Waals surface area contributed by atoms with Gasteiger partial charge in [-0.05, 0) is 6.42 Å². The quantitative estimate of drug-likeness (QED) is 0.634. The number of nitrogens with one attached hydrogen (secondary N) is 1. The highest BCUT2D eigenvalue weighted by atomic mass is 32.2. The second-order valence-electron chi connectivity index (χ2n) is 4.97. The second-order valence-corrected chi connectivity index (χ2v) is 6.96. The Morgan fingerprint density at radius 2 is 2.12 bits per heavy atom. The SMILES string of the molecule is CS(=O)(=O)N1CCN[C@H](CN2CC[C@H](O)C2)C1. The Kier molecular flexibility index (Phi) is 4.04. The van der Waals surface area contributed by atoms with Crippen LogP contribution in [0.2, 0.25) is 0 Å². The lowest BCUT2D eigenvalue weighted by atomic mass is 10.2. The van der Waals surface area contributed by atoms with E-state index >= 15 is 0 Å². The zero-order valence-electron chi connectivity index (χ0n) is 10.2. The van der Waals surface area contributed by atoms with E-state index in [0.717, 1.165) is 19.5 Å². The number of nitrogens with zero attached hydrogens (tertiary/aromatic N) is 2. The molecule has 7 heteroatoms. The first-order valence-corrected chi connectivity index (χ1v) is 7.89. The van der Waals surface area contributed by atoms with Crippen molar-refractivity contribution in [3.05, 3.63) is 0 Å². The first kappa shape index (κ1) is 13.2. The number of sulfonamides is 1. The third-order valence-corrected chi connectivity index (χ3v) is 4.68. The maximum Gasteiger partial charge on any atom is 0.211 e. The lowest BCUT2D eigenvalue weighted by molar-refractivity contribution is 0.166. The van der Waals surface area contributed by atoms with E-state index in [9.17, 15) is 13.5 Å². The van der Waals surface area contributed by atoms with Gasteiger partial charge < -0.3 is 10.4 Å². The van der Waals surface area contributed by atoms with Crippen molar-refractivity contribution in [3.63, 3.8) is 0 Å². The summed E-state index contributed by atoms with van der Waals surface area (Å²) in [5, 5.41) is 12.8. The van der Waals surface area contributed by atoms with Gasteiger partial charge in [-0.1, -0.05) is 0 Å². The number of piperazine rings is 1. The van der Waals surface area contributed by atoms with Crippen molar-refractivity contribution in [1.29, 1.82) is 0 Å². The van der Waals surface area contributed by atoms with Crippen LogP contribution in [-0.2, 0) is 10.0 Å². The van der Waals surface area contributed by atoms with Crippen molar-refractivity contribution in [3.8, 4) is 0 Å². The van der Waals surface area contributed by atoms with Crippen LogP contribution in [0.25, 0.3) is 0 Å². The minimum atomic E-state index is -3.08. The molecule has 6 nitrogen and oxygen atoms in total. The van der Waals surface area contributed by atoms with Crippen molar-refractivity contribution in [2.45, 2.75) is 18.6 Å². The number of rotatable bonds is 3. The van der Waals surface area contributed by atoms with Gasteiger partial charge in [0.2, 0.25) is 10.0 Å². The number of hydrogen-bond donors (Lipinski definition) is 2. The minimum Gasteiger partial charge on any atom is -0.392 e. The van der Waals surface area contributed by atoms with Crippen LogP contribution in [0.4, 0.5) is 0 Å². The van der Waals surface area contributed by atoms with Crippen LogP contribution in [0.15, 0.2) is 0 Å². The van der Waals surface area contributed by atoms with Crippen LogP contribution in [0.1, 0.15) is 6.42 Å². The summed E-state index contributed by atoms with van der Waals surface area (Å²) in [5.41, 5.74) is 0. The van der Waals surface area contributed by atoms with Gasteiger partial charge in [0.1, 0.15) is 0 Å². The van der Waals surface area contributed by atoms with E-state index < -0.39 is 10.0 Å². The van der Waals surface area contributed by atoms with E-state index in [1.807, 2.05) is 0 Å². The van der Waals surface area contributed by atoms with E-state index in [0.29, 0.717) is 26.2 Å². The number of aliphatic hydroxyl groups is 1. The zero-order chi connectivity index (χ0) is 12.5. The van der Waals surface area contributed by atoms with Crippen molar-refractivity contribution in [2.24, 2.45) is 0 Å². The van der Waals surface area contributed by atoms with Gasteiger partial charge >= 0.3 is 0 Å². The fraction of sp³-hybridized carbons (Fsp3) is 1.00. The summed E-state index contributed by atoms with van der Waals surface area (Å²) >= 11 is 0. The Labute approximate surface area is 103 Å². The molecule has 0 aliphatic carbocycles. The molecule has 0 bridgehead atoms. The molecule has 0 spiro atoms. The number of β-amino-alcohol motifs (C(OH)–C–C–N with tert-alkyl or cyclic N) is 1. The van der Waals surface area contributed by atoms with Gasteiger partial charge in [0.15, 0.2) is 0 Å². The molecule has 0 aromatic rings. The molecule has 2 N–H and O–H groups in total.